The summed E-state index contributed by atoms with van der Waals surface area (Å²) >= 11 is 0. The number of benzene rings is 3. The molecule has 1 nitrogen and oxygen atoms in total. The predicted molar refractivity (Wildman–Crippen MR) is 109 cm³/mol. The van der Waals surface area contributed by atoms with E-state index in [0.29, 0.717) is 0 Å². The number of para-hydroxylation sites is 1. The zero-order valence-electron chi connectivity index (χ0n) is 15.2. The Kier molecular flexibility index (Phi) is 4.75. The lowest BCUT2D eigenvalue weighted by molar-refractivity contribution is 0.629. The van der Waals surface area contributed by atoms with Crippen LogP contribution in [0.3, 0.4) is 0 Å². The summed E-state index contributed by atoms with van der Waals surface area (Å²) in [5.41, 5.74) is 4.67. The minimum Gasteiger partial charge on any atom is -0.309 e. The lowest BCUT2D eigenvalue weighted by Crippen LogP contribution is -1.94. The van der Waals surface area contributed by atoms with E-state index in [1.807, 2.05) is 18.2 Å². The van der Waals surface area contributed by atoms with Gasteiger partial charge in [0.25, 0.3) is 0 Å². The number of hydrogen-bond donors (Lipinski definition) is 0. The molecule has 0 unspecified atom stereocenters. The second-order valence-electron chi connectivity index (χ2n) is 6.99. The van der Waals surface area contributed by atoms with Gasteiger partial charge in [-0.3, -0.25) is 0 Å². The average Bonchev–Trinajstić information content (AvgIpc) is 3.00. The number of nitrogens with zero attached hydrogens (tertiary/aromatic N) is 1. The molecule has 0 aliphatic carbocycles. The van der Waals surface area contributed by atoms with Gasteiger partial charge in [0.15, 0.2) is 0 Å². The molecule has 0 bridgehead atoms. The maximum atomic E-state index is 13.8. The Balaban J connectivity index is 1.74. The standard InChI is InChI=1S/C24H24FN/c1-2-3-4-5-8-18-11-14-20(15-12-18)26-23-10-7-6-9-21(23)22-17-19(25)13-16-24(22)26/h6-7,9-17H,2-5,8H2,1H3. The molecule has 0 amide bonds. The third-order valence-corrected chi connectivity index (χ3v) is 5.15. The summed E-state index contributed by atoms with van der Waals surface area (Å²) in [7, 11) is 0. The summed E-state index contributed by atoms with van der Waals surface area (Å²) in [6.45, 7) is 2.24. The highest BCUT2D eigenvalue weighted by molar-refractivity contribution is 6.09. The first-order chi connectivity index (χ1) is 12.8. The molecule has 0 saturated heterocycles. The third kappa shape index (κ3) is 3.12. The number of hydrogen-bond acceptors (Lipinski definition) is 0. The first-order valence-electron chi connectivity index (χ1n) is 9.56. The lowest BCUT2D eigenvalue weighted by atomic mass is 10.1. The monoisotopic (exact) mass is 345 g/mol. The molecule has 26 heavy (non-hydrogen) atoms. The summed E-state index contributed by atoms with van der Waals surface area (Å²) in [5.74, 6) is -0.192. The maximum Gasteiger partial charge on any atom is 0.123 e. The van der Waals surface area contributed by atoms with E-state index in [9.17, 15) is 4.39 Å². The summed E-state index contributed by atoms with van der Waals surface area (Å²) < 4.78 is 16.0. The molecule has 0 aliphatic heterocycles. The zero-order chi connectivity index (χ0) is 17.9. The number of rotatable bonds is 6. The van der Waals surface area contributed by atoms with Crippen LogP contribution in [0.5, 0.6) is 0 Å². The molecule has 4 rings (SSSR count). The number of fused-ring (bicyclic) bond motifs is 3. The van der Waals surface area contributed by atoms with E-state index < -0.39 is 0 Å². The Morgan fingerprint density at radius 2 is 1.54 bits per heavy atom. The van der Waals surface area contributed by atoms with E-state index in [1.165, 1.54) is 31.2 Å². The lowest BCUT2D eigenvalue weighted by Gasteiger charge is -2.09. The van der Waals surface area contributed by atoms with Crippen molar-refractivity contribution in [2.24, 2.45) is 0 Å². The smallest absolute Gasteiger partial charge is 0.123 e. The molecule has 1 heterocycles. The largest absolute Gasteiger partial charge is 0.309 e. The van der Waals surface area contributed by atoms with E-state index in [2.05, 4.69) is 47.9 Å². The van der Waals surface area contributed by atoms with Gasteiger partial charge in [-0.05, 0) is 54.8 Å². The molecule has 0 aliphatic rings. The third-order valence-electron chi connectivity index (χ3n) is 5.15. The van der Waals surface area contributed by atoms with Crippen molar-refractivity contribution in [1.29, 1.82) is 0 Å². The van der Waals surface area contributed by atoms with Gasteiger partial charge < -0.3 is 4.57 Å². The molecule has 0 saturated carbocycles. The highest BCUT2D eigenvalue weighted by atomic mass is 19.1. The van der Waals surface area contributed by atoms with Crippen LogP contribution in [0.2, 0.25) is 0 Å². The van der Waals surface area contributed by atoms with Crippen molar-refractivity contribution >= 4 is 21.8 Å². The molecule has 0 spiro atoms. The minimum atomic E-state index is -0.192. The van der Waals surface area contributed by atoms with Crippen molar-refractivity contribution < 1.29 is 4.39 Å². The van der Waals surface area contributed by atoms with Gasteiger partial charge in [-0.25, -0.2) is 4.39 Å². The molecule has 132 valence electrons. The summed E-state index contributed by atoms with van der Waals surface area (Å²) in [6, 6.07) is 22.1. The molecule has 3 aromatic carbocycles. The van der Waals surface area contributed by atoms with E-state index in [-0.39, 0.29) is 5.82 Å². The number of unbranched alkanes of at least 4 members (excludes halogenated alkanes) is 3. The Bertz CT molecular complexity index is 1030. The van der Waals surface area contributed by atoms with Gasteiger partial charge in [0, 0.05) is 16.5 Å². The molecule has 2 heteroatoms. The Hall–Kier alpha value is -2.61. The van der Waals surface area contributed by atoms with Crippen molar-refractivity contribution in [2.45, 2.75) is 39.0 Å². The number of halogens is 1. The van der Waals surface area contributed by atoms with Gasteiger partial charge in [0.05, 0.1) is 11.0 Å². The van der Waals surface area contributed by atoms with Gasteiger partial charge in [-0.15, -0.1) is 0 Å². The highest BCUT2D eigenvalue weighted by Gasteiger charge is 2.12. The van der Waals surface area contributed by atoms with Gasteiger partial charge >= 0.3 is 0 Å². The Morgan fingerprint density at radius 3 is 2.35 bits per heavy atom. The summed E-state index contributed by atoms with van der Waals surface area (Å²) in [5, 5.41) is 2.05. The van der Waals surface area contributed by atoms with Crippen LogP contribution in [0.15, 0.2) is 66.7 Å². The summed E-state index contributed by atoms with van der Waals surface area (Å²) in [6.07, 6.45) is 6.28. The van der Waals surface area contributed by atoms with Crippen LogP contribution in [0.1, 0.15) is 38.2 Å². The van der Waals surface area contributed by atoms with Crippen LogP contribution in [0, 0.1) is 5.82 Å². The van der Waals surface area contributed by atoms with Crippen molar-refractivity contribution in [3.8, 4) is 5.69 Å². The number of aromatic nitrogens is 1. The van der Waals surface area contributed by atoms with Gasteiger partial charge in [-0.2, -0.15) is 0 Å². The van der Waals surface area contributed by atoms with Crippen LogP contribution in [0.4, 0.5) is 4.39 Å². The van der Waals surface area contributed by atoms with Crippen molar-refractivity contribution in [2.75, 3.05) is 0 Å². The van der Waals surface area contributed by atoms with Crippen LogP contribution in [0.25, 0.3) is 27.5 Å². The maximum absolute atomic E-state index is 13.8. The molecule has 0 N–H and O–H groups in total. The molecule has 1 aromatic heterocycles. The van der Waals surface area contributed by atoms with Crippen LogP contribution >= 0.6 is 0 Å². The first-order valence-corrected chi connectivity index (χ1v) is 9.56. The first kappa shape index (κ1) is 16.8. The SMILES string of the molecule is CCCCCCc1ccc(-n2c3ccccc3c3cc(F)ccc32)cc1. The van der Waals surface area contributed by atoms with E-state index in [1.54, 1.807) is 12.1 Å². The molecule has 4 aromatic rings. The minimum absolute atomic E-state index is 0.192. The number of aryl methyl sites for hydroxylation is 1. The van der Waals surface area contributed by atoms with Crippen molar-refractivity contribution in [3.05, 3.63) is 78.1 Å². The van der Waals surface area contributed by atoms with Crippen molar-refractivity contribution in [1.82, 2.24) is 4.57 Å². The van der Waals surface area contributed by atoms with Crippen LogP contribution in [-0.2, 0) is 6.42 Å². The summed E-state index contributed by atoms with van der Waals surface area (Å²) in [4.78, 5) is 0. The zero-order valence-corrected chi connectivity index (χ0v) is 15.2. The van der Waals surface area contributed by atoms with Gasteiger partial charge in [0.1, 0.15) is 5.82 Å². The molecular weight excluding hydrogens is 321 g/mol. The van der Waals surface area contributed by atoms with E-state index in [0.717, 1.165) is 33.9 Å². The van der Waals surface area contributed by atoms with Gasteiger partial charge in [0.2, 0.25) is 0 Å². The quantitative estimate of drug-likeness (QED) is 0.330. The van der Waals surface area contributed by atoms with E-state index in [4.69, 9.17) is 0 Å². The van der Waals surface area contributed by atoms with Crippen molar-refractivity contribution in [3.63, 3.8) is 0 Å². The van der Waals surface area contributed by atoms with E-state index >= 15 is 0 Å². The van der Waals surface area contributed by atoms with Gasteiger partial charge in [-0.1, -0.05) is 56.5 Å². The second kappa shape index (κ2) is 7.33. The van der Waals surface area contributed by atoms with Crippen LogP contribution < -0.4 is 0 Å². The van der Waals surface area contributed by atoms with Crippen LogP contribution in [-0.4, -0.2) is 4.57 Å². The average molecular weight is 345 g/mol. The molecular formula is C24H24FN. The second-order valence-corrected chi connectivity index (χ2v) is 6.99. The molecule has 0 fully saturated rings. The fourth-order valence-corrected chi connectivity index (χ4v) is 3.79. The topological polar surface area (TPSA) is 4.93 Å². The molecule has 0 radical (unpaired) electrons. The Labute approximate surface area is 154 Å². The normalized spacial score (nSPS) is 11.5. The molecule has 0 atom stereocenters. The predicted octanol–water partition coefficient (Wildman–Crippen LogP) is 7.05. The fraction of sp³-hybridized carbons (Fsp3) is 0.250. The fourth-order valence-electron chi connectivity index (χ4n) is 3.79. The Morgan fingerprint density at radius 1 is 0.769 bits per heavy atom. The highest BCUT2D eigenvalue weighted by Crippen LogP contribution is 2.32.